The maximum absolute atomic E-state index is 8.68. The zero-order valence-corrected chi connectivity index (χ0v) is 10.5. The standard InChI is InChI=1S/C11H13N.C3H8/c1-8(2)11-6-10(7-12)5-4-9(11)3;1-3-2/h4-6,8H,1-3H3;3H2,1-2H3. The molecule has 0 heterocycles. The van der Waals surface area contributed by atoms with Gasteiger partial charge < -0.3 is 0 Å². The van der Waals surface area contributed by atoms with E-state index in [-0.39, 0.29) is 0 Å². The first-order chi connectivity index (χ1) is 7.06. The van der Waals surface area contributed by atoms with Crippen LogP contribution in [0.15, 0.2) is 18.2 Å². The molecule has 0 spiro atoms. The van der Waals surface area contributed by atoms with Gasteiger partial charge in [-0.15, -0.1) is 0 Å². The topological polar surface area (TPSA) is 23.8 Å². The van der Waals surface area contributed by atoms with Crippen molar-refractivity contribution in [2.24, 2.45) is 0 Å². The van der Waals surface area contributed by atoms with Crippen LogP contribution in [0.2, 0.25) is 0 Å². The molecule has 0 atom stereocenters. The van der Waals surface area contributed by atoms with Crippen molar-refractivity contribution in [3.05, 3.63) is 34.9 Å². The smallest absolute Gasteiger partial charge is 0.0991 e. The molecule has 1 rings (SSSR count). The van der Waals surface area contributed by atoms with Crippen LogP contribution in [-0.4, -0.2) is 0 Å². The first-order valence-corrected chi connectivity index (χ1v) is 5.57. The molecule has 1 aromatic rings. The molecule has 0 fully saturated rings. The second-order valence-electron chi connectivity index (χ2n) is 4.04. The summed E-state index contributed by atoms with van der Waals surface area (Å²) in [5.41, 5.74) is 3.29. The fourth-order valence-electron chi connectivity index (χ4n) is 1.33. The van der Waals surface area contributed by atoms with Crippen molar-refractivity contribution in [3.8, 4) is 6.07 Å². The van der Waals surface area contributed by atoms with Gasteiger partial charge in [0.15, 0.2) is 0 Å². The van der Waals surface area contributed by atoms with Crippen molar-refractivity contribution in [1.82, 2.24) is 0 Å². The highest BCUT2D eigenvalue weighted by Gasteiger charge is 2.03. The third-order valence-electron chi connectivity index (χ3n) is 2.03. The maximum Gasteiger partial charge on any atom is 0.0991 e. The Labute approximate surface area is 93.7 Å². The predicted octanol–water partition coefficient (Wildman–Crippen LogP) is 4.41. The quantitative estimate of drug-likeness (QED) is 0.663. The maximum atomic E-state index is 8.68. The molecule has 1 heteroatoms. The second-order valence-corrected chi connectivity index (χ2v) is 4.04. The molecule has 0 bridgehead atoms. The van der Waals surface area contributed by atoms with Gasteiger partial charge >= 0.3 is 0 Å². The number of hydrogen-bond donors (Lipinski definition) is 0. The summed E-state index contributed by atoms with van der Waals surface area (Å²) in [5.74, 6) is 0.498. The molecule has 1 nitrogen and oxygen atoms in total. The lowest BCUT2D eigenvalue weighted by atomic mass is 9.96. The van der Waals surface area contributed by atoms with Crippen molar-refractivity contribution < 1.29 is 0 Å². The molecule has 0 aliphatic carbocycles. The van der Waals surface area contributed by atoms with Crippen molar-refractivity contribution in [2.45, 2.75) is 47.0 Å². The van der Waals surface area contributed by atoms with Crippen LogP contribution in [0.25, 0.3) is 0 Å². The molecule has 0 radical (unpaired) electrons. The van der Waals surface area contributed by atoms with E-state index in [2.05, 4.69) is 40.7 Å². The fraction of sp³-hybridized carbons (Fsp3) is 0.500. The van der Waals surface area contributed by atoms with Gasteiger partial charge in [-0.2, -0.15) is 5.26 Å². The van der Waals surface area contributed by atoms with Gasteiger partial charge in [-0.1, -0.05) is 40.2 Å². The van der Waals surface area contributed by atoms with Crippen LogP contribution >= 0.6 is 0 Å². The van der Waals surface area contributed by atoms with E-state index in [1.54, 1.807) is 0 Å². The first-order valence-electron chi connectivity index (χ1n) is 5.57. The highest BCUT2D eigenvalue weighted by atomic mass is 14.2. The number of benzene rings is 1. The van der Waals surface area contributed by atoms with E-state index in [1.807, 2.05) is 18.2 Å². The molecule has 0 aliphatic rings. The van der Waals surface area contributed by atoms with Crippen molar-refractivity contribution in [3.63, 3.8) is 0 Å². The molecular formula is C14H21N. The summed E-state index contributed by atoms with van der Waals surface area (Å²) in [7, 11) is 0. The minimum Gasteiger partial charge on any atom is -0.192 e. The van der Waals surface area contributed by atoms with Gasteiger partial charge in [-0.25, -0.2) is 0 Å². The normalized spacial score (nSPS) is 9.13. The molecule has 15 heavy (non-hydrogen) atoms. The number of hydrogen-bond acceptors (Lipinski definition) is 1. The zero-order chi connectivity index (χ0) is 11.8. The Morgan fingerprint density at radius 1 is 1.27 bits per heavy atom. The highest BCUT2D eigenvalue weighted by Crippen LogP contribution is 2.19. The minimum absolute atomic E-state index is 0.498. The number of nitrogens with zero attached hydrogens (tertiary/aromatic N) is 1. The number of aryl methyl sites for hydroxylation is 1. The lowest BCUT2D eigenvalue weighted by molar-refractivity contribution is 0.856. The molecule has 82 valence electrons. The molecular weight excluding hydrogens is 182 g/mol. The lowest BCUT2D eigenvalue weighted by Gasteiger charge is -2.08. The molecule has 0 amide bonds. The molecule has 0 saturated heterocycles. The van der Waals surface area contributed by atoms with Crippen molar-refractivity contribution >= 4 is 0 Å². The van der Waals surface area contributed by atoms with Crippen LogP contribution in [-0.2, 0) is 0 Å². The number of rotatable bonds is 1. The van der Waals surface area contributed by atoms with Gasteiger partial charge in [0.1, 0.15) is 0 Å². The van der Waals surface area contributed by atoms with Crippen molar-refractivity contribution in [1.29, 1.82) is 5.26 Å². The van der Waals surface area contributed by atoms with Gasteiger partial charge in [0.2, 0.25) is 0 Å². The van der Waals surface area contributed by atoms with Gasteiger partial charge in [0.05, 0.1) is 11.6 Å². The summed E-state index contributed by atoms with van der Waals surface area (Å²) in [6, 6.07) is 7.99. The minimum atomic E-state index is 0.498. The number of nitriles is 1. The lowest BCUT2D eigenvalue weighted by Crippen LogP contribution is -1.92. The van der Waals surface area contributed by atoms with Gasteiger partial charge in [-0.3, -0.25) is 0 Å². The highest BCUT2D eigenvalue weighted by molar-refractivity contribution is 5.38. The summed E-state index contributed by atoms with van der Waals surface area (Å²) in [6.45, 7) is 10.6. The third kappa shape index (κ3) is 4.65. The molecule has 1 aromatic carbocycles. The monoisotopic (exact) mass is 203 g/mol. The summed E-state index contributed by atoms with van der Waals surface area (Å²) in [5, 5.41) is 8.68. The molecule has 0 aliphatic heterocycles. The van der Waals surface area contributed by atoms with Crippen LogP contribution in [0.1, 0.15) is 56.7 Å². The summed E-state index contributed by atoms with van der Waals surface area (Å²) in [6.07, 6.45) is 1.25. The first kappa shape index (κ1) is 13.7. The Bertz CT molecular complexity index is 332. The fourth-order valence-corrected chi connectivity index (χ4v) is 1.33. The Hall–Kier alpha value is -1.29. The predicted molar refractivity (Wildman–Crippen MR) is 65.9 cm³/mol. The Morgan fingerprint density at radius 3 is 2.20 bits per heavy atom. The SMILES string of the molecule is CCC.Cc1ccc(C#N)cc1C(C)C. The average Bonchev–Trinajstić information content (AvgIpc) is 2.19. The van der Waals surface area contributed by atoms with Crippen LogP contribution in [0.3, 0.4) is 0 Å². The summed E-state index contributed by atoms with van der Waals surface area (Å²) in [4.78, 5) is 0. The van der Waals surface area contributed by atoms with E-state index in [1.165, 1.54) is 17.5 Å². The summed E-state index contributed by atoms with van der Waals surface area (Å²) < 4.78 is 0. The van der Waals surface area contributed by atoms with E-state index < -0.39 is 0 Å². The van der Waals surface area contributed by atoms with Crippen LogP contribution in [0.5, 0.6) is 0 Å². The Morgan fingerprint density at radius 2 is 1.80 bits per heavy atom. The van der Waals surface area contributed by atoms with Crippen LogP contribution in [0, 0.1) is 18.3 Å². The van der Waals surface area contributed by atoms with E-state index in [9.17, 15) is 0 Å². The van der Waals surface area contributed by atoms with Gasteiger partial charge in [-0.05, 0) is 36.1 Å². The zero-order valence-electron chi connectivity index (χ0n) is 10.5. The largest absolute Gasteiger partial charge is 0.192 e. The average molecular weight is 203 g/mol. The van der Waals surface area contributed by atoms with E-state index >= 15 is 0 Å². The van der Waals surface area contributed by atoms with E-state index in [0.717, 1.165) is 5.56 Å². The summed E-state index contributed by atoms with van der Waals surface area (Å²) >= 11 is 0. The van der Waals surface area contributed by atoms with Gasteiger partial charge in [0, 0.05) is 0 Å². The molecule has 0 aromatic heterocycles. The van der Waals surface area contributed by atoms with Crippen LogP contribution < -0.4 is 0 Å². The second kappa shape index (κ2) is 7.06. The molecule has 0 saturated carbocycles. The molecule has 0 N–H and O–H groups in total. The molecule has 0 unspecified atom stereocenters. The van der Waals surface area contributed by atoms with E-state index in [4.69, 9.17) is 5.26 Å². The van der Waals surface area contributed by atoms with Crippen LogP contribution in [0.4, 0.5) is 0 Å². The Balaban J connectivity index is 0.000000583. The van der Waals surface area contributed by atoms with Crippen molar-refractivity contribution in [2.75, 3.05) is 0 Å². The third-order valence-corrected chi connectivity index (χ3v) is 2.03. The Kier molecular flexibility index (Phi) is 6.45. The van der Waals surface area contributed by atoms with Gasteiger partial charge in [0.25, 0.3) is 0 Å². The van der Waals surface area contributed by atoms with E-state index in [0.29, 0.717) is 5.92 Å².